The highest BCUT2D eigenvalue weighted by Gasteiger charge is 2.23. The van der Waals surface area contributed by atoms with Crippen molar-refractivity contribution < 1.29 is 27.3 Å². The molecule has 0 aliphatic carbocycles. The van der Waals surface area contributed by atoms with Crippen molar-refractivity contribution >= 4 is 22.0 Å². The zero-order valence-electron chi connectivity index (χ0n) is 10.8. The zero-order chi connectivity index (χ0) is 15.2. The first-order valence-electron chi connectivity index (χ1n) is 5.71. The molecule has 1 rings (SSSR count). The molecule has 0 aromatic heterocycles. The lowest BCUT2D eigenvalue weighted by atomic mass is 10.2. The lowest BCUT2D eigenvalue weighted by Gasteiger charge is -2.14. The van der Waals surface area contributed by atoms with Gasteiger partial charge in [-0.1, -0.05) is 30.3 Å². The fraction of sp³-hybridized carbons (Fsp3) is 0.333. The molecule has 0 saturated carbocycles. The molecule has 1 amide bonds. The van der Waals surface area contributed by atoms with Crippen LogP contribution in [0.4, 0.5) is 4.79 Å². The first-order valence-corrected chi connectivity index (χ1v) is 7.31. The van der Waals surface area contributed by atoms with Crippen molar-refractivity contribution in [1.82, 2.24) is 5.32 Å². The fourth-order valence-corrected chi connectivity index (χ4v) is 2.12. The highest BCUT2D eigenvalue weighted by molar-refractivity contribution is 7.85. The van der Waals surface area contributed by atoms with Gasteiger partial charge in [0.1, 0.15) is 18.4 Å². The summed E-state index contributed by atoms with van der Waals surface area (Å²) in [6.07, 6.45) is -0.933. The van der Waals surface area contributed by atoms with Crippen LogP contribution in [0, 0.1) is 0 Å². The minimum absolute atomic E-state index is 0.0107. The van der Waals surface area contributed by atoms with Gasteiger partial charge in [-0.05, 0) is 12.5 Å². The summed E-state index contributed by atoms with van der Waals surface area (Å²) in [7, 11) is -4.37. The first-order chi connectivity index (χ1) is 9.28. The van der Waals surface area contributed by atoms with E-state index < -0.39 is 33.8 Å². The van der Waals surface area contributed by atoms with Gasteiger partial charge in [-0.3, -0.25) is 9.35 Å². The average molecular weight is 301 g/mol. The van der Waals surface area contributed by atoms with Gasteiger partial charge in [-0.15, -0.1) is 0 Å². The topological polar surface area (TPSA) is 110 Å². The number of carbonyl (C=O) groups excluding carboxylic acids is 2. The lowest BCUT2D eigenvalue weighted by molar-refractivity contribution is -0.118. The molecule has 0 saturated heterocycles. The molecule has 0 spiro atoms. The second kappa shape index (κ2) is 7.01. The van der Waals surface area contributed by atoms with E-state index in [0.29, 0.717) is 0 Å². The van der Waals surface area contributed by atoms with Crippen LogP contribution in [0.1, 0.15) is 12.5 Å². The molecule has 0 fully saturated rings. The Morgan fingerprint density at radius 3 is 2.40 bits per heavy atom. The predicted octanol–water partition coefficient (Wildman–Crippen LogP) is 0.758. The Morgan fingerprint density at radius 1 is 1.30 bits per heavy atom. The minimum Gasteiger partial charge on any atom is -0.445 e. The van der Waals surface area contributed by atoms with Crippen LogP contribution in [0.2, 0.25) is 0 Å². The molecule has 8 heteroatoms. The molecular weight excluding hydrogens is 286 g/mol. The first kappa shape index (κ1) is 16.1. The molecule has 1 aromatic rings. The van der Waals surface area contributed by atoms with Gasteiger partial charge in [0, 0.05) is 0 Å². The maximum Gasteiger partial charge on any atom is 0.408 e. The second-order valence-electron chi connectivity index (χ2n) is 4.12. The number of alkyl carbamates (subject to hydrolysis) is 1. The third-order valence-corrected chi connectivity index (χ3v) is 3.13. The van der Waals surface area contributed by atoms with Crippen molar-refractivity contribution in [3.8, 4) is 0 Å². The van der Waals surface area contributed by atoms with Crippen molar-refractivity contribution in [2.75, 3.05) is 5.75 Å². The zero-order valence-corrected chi connectivity index (χ0v) is 11.6. The minimum atomic E-state index is -4.37. The van der Waals surface area contributed by atoms with Crippen LogP contribution in [0.5, 0.6) is 0 Å². The van der Waals surface area contributed by atoms with Gasteiger partial charge in [0.05, 0.1) is 0 Å². The Labute approximate surface area is 116 Å². The molecule has 20 heavy (non-hydrogen) atoms. The molecule has 0 unspecified atom stereocenters. The van der Waals surface area contributed by atoms with E-state index in [1.807, 2.05) is 6.07 Å². The summed E-state index contributed by atoms with van der Waals surface area (Å²) >= 11 is 0. The summed E-state index contributed by atoms with van der Waals surface area (Å²) in [6, 6.07) is 7.50. The van der Waals surface area contributed by atoms with E-state index in [1.165, 1.54) is 0 Å². The summed E-state index contributed by atoms with van der Waals surface area (Å²) in [5, 5.41) is 2.09. The summed E-state index contributed by atoms with van der Waals surface area (Å²) in [5.41, 5.74) is 0.747. The van der Waals surface area contributed by atoms with E-state index in [9.17, 15) is 18.0 Å². The maximum absolute atomic E-state index is 11.5. The van der Waals surface area contributed by atoms with Crippen molar-refractivity contribution in [3.05, 3.63) is 35.9 Å². The summed E-state index contributed by atoms with van der Waals surface area (Å²) in [4.78, 5) is 22.6. The number of nitrogens with one attached hydrogen (secondary N) is 1. The normalized spacial score (nSPS) is 12.5. The number of Topliss-reactive ketones (excluding diaryl/α,β-unsaturated/α-hetero) is 1. The number of rotatable bonds is 6. The van der Waals surface area contributed by atoms with Crippen LogP contribution in [-0.2, 0) is 26.3 Å². The lowest BCUT2D eigenvalue weighted by Crippen LogP contribution is -2.44. The van der Waals surface area contributed by atoms with Gasteiger partial charge in [-0.25, -0.2) is 4.79 Å². The molecule has 0 bridgehead atoms. The maximum atomic E-state index is 11.5. The molecular formula is C12H15NO6S. The number of amides is 1. The quantitative estimate of drug-likeness (QED) is 0.751. The predicted molar refractivity (Wildman–Crippen MR) is 70.6 cm³/mol. The van der Waals surface area contributed by atoms with E-state index in [1.54, 1.807) is 24.3 Å². The Kier molecular flexibility index (Phi) is 5.66. The molecule has 0 aliphatic heterocycles. The van der Waals surface area contributed by atoms with Gasteiger partial charge in [-0.2, -0.15) is 8.42 Å². The van der Waals surface area contributed by atoms with Crippen LogP contribution in [0.25, 0.3) is 0 Å². The standard InChI is InChI=1S/C12H15NO6S/c1-9(14)11(8-20(16,17)18)13-12(15)19-7-10-5-3-2-4-6-10/h2-6,11H,7-8H2,1H3,(H,13,15)(H,16,17,18)/t11-/m0/s1. The summed E-state index contributed by atoms with van der Waals surface area (Å²) in [5.74, 6) is -1.48. The van der Waals surface area contributed by atoms with Crippen LogP contribution in [-0.4, -0.2) is 36.6 Å². The van der Waals surface area contributed by atoms with Gasteiger partial charge >= 0.3 is 6.09 Å². The smallest absolute Gasteiger partial charge is 0.408 e. The van der Waals surface area contributed by atoms with E-state index >= 15 is 0 Å². The van der Waals surface area contributed by atoms with Crippen LogP contribution >= 0.6 is 0 Å². The Hall–Kier alpha value is -1.93. The number of hydrogen-bond donors (Lipinski definition) is 2. The largest absolute Gasteiger partial charge is 0.445 e. The molecule has 0 aliphatic rings. The van der Waals surface area contributed by atoms with Gasteiger partial charge in [0.15, 0.2) is 5.78 Å². The van der Waals surface area contributed by atoms with Crippen LogP contribution in [0.15, 0.2) is 30.3 Å². The van der Waals surface area contributed by atoms with Gasteiger partial charge in [0.2, 0.25) is 0 Å². The molecule has 0 heterocycles. The van der Waals surface area contributed by atoms with Gasteiger partial charge in [0.25, 0.3) is 10.1 Å². The molecule has 0 radical (unpaired) electrons. The number of ketones is 1. The molecule has 7 nitrogen and oxygen atoms in total. The molecule has 1 atom stereocenters. The van der Waals surface area contributed by atoms with Crippen molar-refractivity contribution in [2.24, 2.45) is 0 Å². The highest BCUT2D eigenvalue weighted by atomic mass is 32.2. The van der Waals surface area contributed by atoms with E-state index in [-0.39, 0.29) is 6.61 Å². The van der Waals surface area contributed by atoms with E-state index in [2.05, 4.69) is 5.32 Å². The number of hydrogen-bond acceptors (Lipinski definition) is 5. The SMILES string of the molecule is CC(=O)[C@H](CS(=O)(=O)O)NC(=O)OCc1ccccc1. The summed E-state index contributed by atoms with van der Waals surface area (Å²) < 4.78 is 35.0. The number of carbonyl (C=O) groups is 2. The van der Waals surface area contributed by atoms with Crippen LogP contribution in [0.3, 0.4) is 0 Å². The van der Waals surface area contributed by atoms with Crippen molar-refractivity contribution in [2.45, 2.75) is 19.6 Å². The highest BCUT2D eigenvalue weighted by Crippen LogP contribution is 2.01. The Bertz CT molecular complexity index is 569. The number of ether oxygens (including phenoxy) is 1. The Balaban J connectivity index is 2.52. The molecule has 110 valence electrons. The van der Waals surface area contributed by atoms with Gasteiger partial charge < -0.3 is 10.1 Å². The Morgan fingerprint density at radius 2 is 1.90 bits per heavy atom. The summed E-state index contributed by atoms with van der Waals surface area (Å²) in [6.45, 7) is 1.09. The second-order valence-corrected chi connectivity index (χ2v) is 5.62. The van der Waals surface area contributed by atoms with Crippen molar-refractivity contribution in [1.29, 1.82) is 0 Å². The fourth-order valence-electron chi connectivity index (χ4n) is 1.38. The third kappa shape index (κ3) is 6.30. The third-order valence-electron chi connectivity index (χ3n) is 2.37. The monoisotopic (exact) mass is 301 g/mol. The van der Waals surface area contributed by atoms with Crippen LogP contribution < -0.4 is 5.32 Å². The molecule has 1 aromatic carbocycles. The van der Waals surface area contributed by atoms with E-state index in [4.69, 9.17) is 9.29 Å². The average Bonchev–Trinajstić information content (AvgIpc) is 2.35. The van der Waals surface area contributed by atoms with Crippen molar-refractivity contribution in [3.63, 3.8) is 0 Å². The van der Waals surface area contributed by atoms with E-state index in [0.717, 1.165) is 12.5 Å². The molecule has 2 N–H and O–H groups in total. The number of benzene rings is 1.